The number of carbonyl (C=O) groups is 1. The number of hydrogen-bond acceptors (Lipinski definition) is 2. The lowest BCUT2D eigenvalue weighted by Crippen LogP contribution is -2.09. The van der Waals surface area contributed by atoms with Gasteiger partial charge in [-0.15, -0.1) is 0 Å². The van der Waals surface area contributed by atoms with E-state index in [4.69, 9.17) is 5.73 Å². The predicted octanol–water partition coefficient (Wildman–Crippen LogP) is 0.270. The minimum absolute atomic E-state index is 0.266. The summed E-state index contributed by atoms with van der Waals surface area (Å²) < 4.78 is 0. The molecule has 0 aromatic carbocycles. The third-order valence-corrected chi connectivity index (χ3v) is 1.40. The summed E-state index contributed by atoms with van der Waals surface area (Å²) in [6, 6.07) is 0. The van der Waals surface area contributed by atoms with E-state index in [1.807, 2.05) is 0 Å². The monoisotopic (exact) mass is 135 g/mol. The van der Waals surface area contributed by atoms with Crippen molar-refractivity contribution in [1.29, 1.82) is 0 Å². The van der Waals surface area contributed by atoms with Crippen molar-refractivity contribution in [3.8, 4) is 0 Å². The maximum atomic E-state index is 9.93. The average molecular weight is 135 g/mol. The molecule has 0 aromatic heterocycles. The molecule has 0 fully saturated rings. The topological polar surface area (TPSA) is 43.1 Å². The molecule has 0 aliphatic rings. The van der Waals surface area contributed by atoms with Crippen molar-refractivity contribution in [2.45, 2.75) is 6.42 Å². The Labute approximate surface area is 48.9 Å². The lowest BCUT2D eigenvalue weighted by Gasteiger charge is -1.81. The second-order valence-corrected chi connectivity index (χ2v) is 2.55. The number of hydrogen-bond donors (Lipinski definition) is 1. The highest BCUT2D eigenvalue weighted by atomic mass is 32.4. The van der Waals surface area contributed by atoms with Crippen LogP contribution in [0.2, 0.25) is 0 Å². The number of carbonyl (C=O) groups excluding carboxylic acids is 1. The van der Waals surface area contributed by atoms with Gasteiger partial charge in [0, 0.05) is 12.6 Å². The van der Waals surface area contributed by atoms with Gasteiger partial charge in [-0.05, 0) is 7.36 Å². The lowest BCUT2D eigenvalue weighted by molar-refractivity contribution is -0.117. The first-order valence-electron chi connectivity index (χ1n) is 1.85. The number of nitrogens with two attached hydrogens (primary N) is 1. The largest absolute Gasteiger partial charge is 0.370 e. The van der Waals surface area contributed by atoms with E-state index < -0.39 is 0 Å². The molecule has 0 atom stereocenters. The molecule has 0 rings (SSSR count). The van der Waals surface area contributed by atoms with Crippen molar-refractivity contribution in [2.75, 3.05) is 6.16 Å². The predicted molar refractivity (Wildman–Crippen MR) is 33.0 cm³/mol. The van der Waals surface area contributed by atoms with Gasteiger partial charge in [-0.1, -0.05) is 11.8 Å². The Morgan fingerprint density at radius 2 is 2.43 bits per heavy atom. The summed E-state index contributed by atoms with van der Waals surface area (Å²) in [6.45, 7) is 0. The Kier molecular flexibility index (Phi) is 4.15. The molecule has 0 aliphatic carbocycles. The van der Waals surface area contributed by atoms with Gasteiger partial charge in [0.2, 0.25) is 5.91 Å². The van der Waals surface area contributed by atoms with Crippen LogP contribution >= 0.6 is 7.36 Å². The highest BCUT2D eigenvalue weighted by molar-refractivity contribution is 7.96. The Balaban J connectivity index is 2.97. The van der Waals surface area contributed by atoms with Gasteiger partial charge in [0.25, 0.3) is 0 Å². The zero-order chi connectivity index (χ0) is 5.70. The molecule has 0 bridgehead atoms. The van der Waals surface area contributed by atoms with E-state index in [-0.39, 0.29) is 5.91 Å². The van der Waals surface area contributed by atoms with E-state index in [0.29, 0.717) is 12.6 Å². The van der Waals surface area contributed by atoms with E-state index in [9.17, 15) is 4.79 Å². The normalized spacial score (nSPS) is 9.14. The fraction of sp³-hybridized carbons (Fsp3) is 0.667. The van der Waals surface area contributed by atoms with Crippen LogP contribution in [0, 0.1) is 0 Å². The number of amides is 1. The Bertz CT molecular complexity index is 85.0. The van der Waals surface area contributed by atoms with Crippen LogP contribution in [0.1, 0.15) is 6.42 Å². The molecular formula is C3H6NOPS. The quantitative estimate of drug-likeness (QED) is 0.564. The molecule has 0 saturated heterocycles. The van der Waals surface area contributed by atoms with Gasteiger partial charge in [0.15, 0.2) is 0 Å². The third-order valence-electron chi connectivity index (χ3n) is 0.449. The van der Waals surface area contributed by atoms with Crippen LogP contribution in [0.3, 0.4) is 0 Å². The summed E-state index contributed by atoms with van der Waals surface area (Å²) in [4.78, 5) is 9.93. The Morgan fingerprint density at radius 1 is 1.86 bits per heavy atom. The van der Waals surface area contributed by atoms with Gasteiger partial charge in [-0.3, -0.25) is 4.79 Å². The standard InChI is InChI=1S/C3H6NOPS/c4-3(5)1-2-6-7/h1-2H2,(H2,4,5). The molecule has 0 aliphatic heterocycles. The summed E-state index contributed by atoms with van der Waals surface area (Å²) in [7, 11) is 0.823. The zero-order valence-corrected chi connectivity index (χ0v) is 5.47. The van der Waals surface area contributed by atoms with Gasteiger partial charge in [0.05, 0.1) is 0 Å². The molecule has 2 N–H and O–H groups in total. The lowest BCUT2D eigenvalue weighted by atomic mass is 10.5. The highest BCUT2D eigenvalue weighted by Crippen LogP contribution is 1.92. The minimum atomic E-state index is -0.266. The summed E-state index contributed by atoms with van der Waals surface area (Å²) >= 11 is 4.53. The minimum Gasteiger partial charge on any atom is -0.370 e. The van der Waals surface area contributed by atoms with Crippen LogP contribution in [0.5, 0.6) is 0 Å². The van der Waals surface area contributed by atoms with E-state index in [0.717, 1.165) is 7.36 Å². The maximum Gasteiger partial charge on any atom is 0.218 e. The van der Waals surface area contributed by atoms with E-state index >= 15 is 0 Å². The van der Waals surface area contributed by atoms with E-state index in [2.05, 4.69) is 11.8 Å². The van der Waals surface area contributed by atoms with Crippen molar-refractivity contribution in [3.63, 3.8) is 0 Å². The van der Waals surface area contributed by atoms with E-state index in [1.165, 1.54) is 0 Å². The molecule has 0 spiro atoms. The van der Waals surface area contributed by atoms with Crippen LogP contribution in [-0.2, 0) is 16.6 Å². The summed E-state index contributed by atoms with van der Waals surface area (Å²) in [6.07, 6.45) is 1.13. The van der Waals surface area contributed by atoms with Crippen LogP contribution in [0.4, 0.5) is 0 Å². The molecule has 1 amide bonds. The molecule has 0 unspecified atom stereocenters. The first kappa shape index (κ1) is 6.99. The highest BCUT2D eigenvalue weighted by Gasteiger charge is 1.87. The molecular weight excluding hydrogens is 129 g/mol. The summed E-state index contributed by atoms with van der Waals surface area (Å²) in [5.74, 6) is -0.266. The Morgan fingerprint density at radius 3 is 2.57 bits per heavy atom. The van der Waals surface area contributed by atoms with Gasteiger partial charge in [-0.25, -0.2) is 0 Å². The number of primary amides is 1. The van der Waals surface area contributed by atoms with Crippen molar-refractivity contribution in [3.05, 3.63) is 0 Å². The second-order valence-electron chi connectivity index (χ2n) is 1.07. The Hall–Kier alpha value is -0.0100. The first-order chi connectivity index (χ1) is 3.27. The summed E-state index contributed by atoms with van der Waals surface area (Å²) in [5.41, 5.74) is 4.79. The fourth-order valence-electron chi connectivity index (χ4n) is 0.156. The van der Waals surface area contributed by atoms with Crippen LogP contribution < -0.4 is 5.73 Å². The molecule has 40 valence electrons. The van der Waals surface area contributed by atoms with Gasteiger partial charge >= 0.3 is 0 Å². The molecule has 0 aromatic rings. The average Bonchev–Trinajstić information content (AvgIpc) is 1.61. The molecule has 0 radical (unpaired) electrons. The zero-order valence-electron chi connectivity index (χ0n) is 3.76. The maximum absolute atomic E-state index is 9.93. The number of rotatable bonds is 3. The van der Waals surface area contributed by atoms with Crippen molar-refractivity contribution in [2.24, 2.45) is 5.73 Å². The molecule has 7 heavy (non-hydrogen) atoms. The van der Waals surface area contributed by atoms with Crippen LogP contribution in [0.15, 0.2) is 0 Å². The SMILES string of the molecule is NC(=O)CCP=S. The summed E-state index contributed by atoms with van der Waals surface area (Å²) in [5, 5.41) is 0. The second kappa shape index (κ2) is 4.16. The van der Waals surface area contributed by atoms with Crippen LogP contribution in [-0.4, -0.2) is 12.1 Å². The fourth-order valence-corrected chi connectivity index (χ4v) is 0.741. The molecule has 4 heteroatoms. The third kappa shape index (κ3) is 5.99. The molecule has 0 heterocycles. The smallest absolute Gasteiger partial charge is 0.218 e. The van der Waals surface area contributed by atoms with Gasteiger partial charge in [-0.2, -0.15) is 0 Å². The van der Waals surface area contributed by atoms with E-state index in [1.54, 1.807) is 0 Å². The van der Waals surface area contributed by atoms with Crippen LogP contribution in [0.25, 0.3) is 0 Å². The molecule has 2 nitrogen and oxygen atoms in total. The van der Waals surface area contributed by atoms with Crippen molar-refractivity contribution >= 4 is 25.1 Å². The molecule has 0 saturated carbocycles. The van der Waals surface area contributed by atoms with Gasteiger partial charge < -0.3 is 5.73 Å². The first-order valence-corrected chi connectivity index (χ1v) is 3.94. The van der Waals surface area contributed by atoms with Crippen molar-refractivity contribution < 1.29 is 4.79 Å². The van der Waals surface area contributed by atoms with Gasteiger partial charge in [0.1, 0.15) is 0 Å². The van der Waals surface area contributed by atoms with Crippen molar-refractivity contribution in [1.82, 2.24) is 0 Å².